The smallest absolute Gasteiger partial charge is 0.270 e. The number of hydrogen-bond donors (Lipinski definition) is 2. The molecule has 1 aliphatic carbocycles. The number of carbonyl (C=O) groups is 3. The number of aromatic nitrogens is 3. The van der Waals surface area contributed by atoms with Crippen molar-refractivity contribution in [2.45, 2.75) is 103 Å². The predicted molar refractivity (Wildman–Crippen MR) is 166 cm³/mol. The van der Waals surface area contributed by atoms with Crippen molar-refractivity contribution in [1.29, 1.82) is 0 Å². The maximum atomic E-state index is 14.7. The maximum Gasteiger partial charge on any atom is 0.270 e. The van der Waals surface area contributed by atoms with E-state index in [0.29, 0.717) is 41.5 Å². The molecule has 3 amide bonds. The number of piperidine rings is 1. The molecule has 0 unspecified atom stereocenters. The maximum absolute atomic E-state index is 14.7. The van der Waals surface area contributed by atoms with Gasteiger partial charge in [-0.25, -0.2) is 13.8 Å². The summed E-state index contributed by atoms with van der Waals surface area (Å²) >= 11 is 1.07. The van der Waals surface area contributed by atoms with Gasteiger partial charge in [0.2, 0.25) is 11.8 Å². The van der Waals surface area contributed by atoms with Gasteiger partial charge in [0, 0.05) is 55.0 Å². The van der Waals surface area contributed by atoms with Gasteiger partial charge in [-0.05, 0) is 51.4 Å². The van der Waals surface area contributed by atoms with Crippen LogP contribution < -0.4 is 10.6 Å². The number of ether oxygens (including phenoxy) is 1. The lowest BCUT2D eigenvalue weighted by Gasteiger charge is -2.43. The molecule has 2 aliphatic heterocycles. The molecular weight excluding hydrogens is 604 g/mol. The van der Waals surface area contributed by atoms with Gasteiger partial charge in [-0.3, -0.25) is 24.0 Å². The van der Waals surface area contributed by atoms with Gasteiger partial charge in [0.15, 0.2) is 5.13 Å². The largest absolute Gasteiger partial charge is 0.376 e. The number of alkyl halides is 2. The van der Waals surface area contributed by atoms with E-state index in [1.807, 2.05) is 13.8 Å². The molecule has 11 nitrogen and oxygen atoms in total. The highest BCUT2D eigenvalue weighted by Gasteiger charge is 2.43. The van der Waals surface area contributed by atoms with Crippen LogP contribution in [0.3, 0.4) is 0 Å². The molecule has 3 fully saturated rings. The molecule has 5 rings (SSSR count). The molecule has 45 heavy (non-hydrogen) atoms. The Hall–Kier alpha value is -2.97. The number of carbonyl (C=O) groups excluding carboxylic acids is 3. The third kappa shape index (κ3) is 8.07. The van der Waals surface area contributed by atoms with Crippen LogP contribution in [0.5, 0.6) is 0 Å². The number of anilines is 1. The first-order valence-electron chi connectivity index (χ1n) is 18.0. The number of nitrogens with zero attached hydrogens (tertiary/aromatic N) is 5. The minimum Gasteiger partial charge on any atom is -0.376 e. The Labute approximate surface area is 274 Å². The summed E-state index contributed by atoms with van der Waals surface area (Å²) in [5.41, 5.74) is -0.359. The number of morpholine rings is 1. The quantitative estimate of drug-likeness (QED) is 0.391. The molecule has 3 aliphatic rings. The number of hydrogen-bond acceptors (Lipinski definition) is 8. The van der Waals surface area contributed by atoms with Gasteiger partial charge in [-0.2, -0.15) is 5.10 Å². The van der Waals surface area contributed by atoms with E-state index in [0.717, 1.165) is 30.4 Å². The molecule has 2 saturated heterocycles. The zero-order chi connectivity index (χ0) is 36.6. The first-order valence-corrected chi connectivity index (χ1v) is 16.3. The molecule has 14 heteroatoms. The summed E-state index contributed by atoms with van der Waals surface area (Å²) in [6.45, 7) is 0.421. The fourth-order valence-electron chi connectivity index (χ4n) is 6.40. The van der Waals surface area contributed by atoms with Crippen molar-refractivity contribution in [2.24, 2.45) is 11.8 Å². The lowest BCUT2D eigenvalue weighted by atomic mass is 9.79. The zero-order valence-corrected chi connectivity index (χ0v) is 26.6. The van der Waals surface area contributed by atoms with Crippen LogP contribution in [0, 0.1) is 11.8 Å². The molecule has 1 saturated carbocycles. The number of rotatable bonds is 10. The van der Waals surface area contributed by atoms with Gasteiger partial charge < -0.3 is 20.3 Å². The van der Waals surface area contributed by atoms with Gasteiger partial charge in [-0.1, -0.05) is 31.1 Å². The van der Waals surface area contributed by atoms with Crippen molar-refractivity contribution >= 4 is 34.2 Å². The molecule has 0 bridgehead atoms. The Morgan fingerprint density at radius 3 is 2.80 bits per heavy atom. The first-order chi connectivity index (χ1) is 23.4. The summed E-state index contributed by atoms with van der Waals surface area (Å²) in [6, 6.07) is -0.673. The van der Waals surface area contributed by atoms with E-state index in [1.165, 1.54) is 17.2 Å². The van der Waals surface area contributed by atoms with Gasteiger partial charge in [0.05, 0.1) is 32.9 Å². The monoisotopic (exact) mass is 654 g/mol. The molecule has 2 aromatic rings. The number of amides is 3. The SMILES string of the molecule is [2H]C([2H])([2H])C([2H])([2H])n1nccc1C(=O)N[C@H](C(=O)Nc1ncc([C@@H](CN2C[C@@H](C)OC[C@@H]2C)N2CC(F)(F)CCC2=O)s1)C1CCC(C)CC1. The summed E-state index contributed by atoms with van der Waals surface area (Å²) in [4.78, 5) is 48.7. The third-order valence-corrected chi connectivity index (χ3v) is 10.1. The minimum atomic E-state index is -3.13. The van der Waals surface area contributed by atoms with Gasteiger partial charge >= 0.3 is 0 Å². The lowest BCUT2D eigenvalue weighted by Crippen LogP contribution is -2.54. The lowest BCUT2D eigenvalue weighted by molar-refractivity contribution is -0.153. The van der Waals surface area contributed by atoms with Crippen molar-refractivity contribution in [3.63, 3.8) is 0 Å². The van der Waals surface area contributed by atoms with Crippen LogP contribution in [0.1, 0.15) is 94.4 Å². The van der Waals surface area contributed by atoms with Crippen molar-refractivity contribution in [1.82, 2.24) is 29.9 Å². The van der Waals surface area contributed by atoms with Crippen LogP contribution in [-0.2, 0) is 20.8 Å². The first kappa shape index (κ1) is 27.2. The van der Waals surface area contributed by atoms with Crippen LogP contribution in [0.4, 0.5) is 13.9 Å². The Balaban J connectivity index is 1.39. The second kappa shape index (κ2) is 14.2. The molecule has 4 atom stereocenters. The molecule has 4 heterocycles. The van der Waals surface area contributed by atoms with Crippen LogP contribution in [-0.4, -0.2) is 92.6 Å². The second-order valence-electron chi connectivity index (χ2n) is 12.6. The van der Waals surface area contributed by atoms with Crippen LogP contribution >= 0.6 is 11.3 Å². The Bertz CT molecular complexity index is 1530. The fraction of sp³-hybridized carbons (Fsp3) is 0.710. The third-order valence-electron chi connectivity index (χ3n) is 9.11. The van der Waals surface area contributed by atoms with Crippen LogP contribution in [0.2, 0.25) is 0 Å². The highest BCUT2D eigenvalue weighted by atomic mass is 32.1. The van der Waals surface area contributed by atoms with Gasteiger partial charge in [-0.15, -0.1) is 0 Å². The Morgan fingerprint density at radius 1 is 1.27 bits per heavy atom. The van der Waals surface area contributed by atoms with E-state index in [4.69, 9.17) is 11.6 Å². The van der Waals surface area contributed by atoms with E-state index in [9.17, 15) is 23.2 Å². The molecular formula is C31H45F2N7O4S. The topological polar surface area (TPSA) is 122 Å². The zero-order valence-electron chi connectivity index (χ0n) is 30.8. The number of thiazole rings is 1. The molecule has 248 valence electrons. The Kier molecular flexibility index (Phi) is 8.58. The number of halogens is 2. The summed E-state index contributed by atoms with van der Waals surface area (Å²) in [5.74, 6) is -4.73. The molecule has 2 N–H and O–H groups in total. The normalized spacial score (nSPS) is 29.4. The summed E-state index contributed by atoms with van der Waals surface area (Å²) in [7, 11) is 0. The van der Waals surface area contributed by atoms with E-state index in [1.54, 1.807) is 0 Å². The van der Waals surface area contributed by atoms with Gasteiger partial charge in [0.25, 0.3) is 11.8 Å². The minimum absolute atomic E-state index is 0.0184. The summed E-state index contributed by atoms with van der Waals surface area (Å²) in [5, 5.41) is 9.41. The van der Waals surface area contributed by atoms with Gasteiger partial charge in [0.1, 0.15) is 11.7 Å². The average molecular weight is 655 g/mol. The van der Waals surface area contributed by atoms with Crippen LogP contribution in [0.15, 0.2) is 18.5 Å². The van der Waals surface area contributed by atoms with E-state index < -0.39 is 56.1 Å². The van der Waals surface area contributed by atoms with Crippen molar-refractivity contribution in [2.75, 3.05) is 31.6 Å². The van der Waals surface area contributed by atoms with E-state index in [-0.39, 0.29) is 47.8 Å². The van der Waals surface area contributed by atoms with Crippen molar-refractivity contribution in [3.8, 4) is 0 Å². The Morgan fingerprint density at radius 2 is 2.04 bits per heavy atom. The average Bonchev–Trinajstić information content (AvgIpc) is 3.72. The molecule has 0 radical (unpaired) electrons. The highest BCUT2D eigenvalue weighted by Crippen LogP contribution is 2.37. The summed E-state index contributed by atoms with van der Waals surface area (Å²) in [6.07, 6.45) is 4.61. The predicted octanol–water partition coefficient (Wildman–Crippen LogP) is 4.33. The van der Waals surface area contributed by atoms with Crippen molar-refractivity contribution in [3.05, 3.63) is 29.0 Å². The number of nitrogens with one attached hydrogen (secondary N) is 2. The van der Waals surface area contributed by atoms with E-state index >= 15 is 0 Å². The number of likely N-dealkylation sites (tertiary alicyclic amines) is 1. The molecule has 2 aromatic heterocycles. The molecule has 0 spiro atoms. The number of aryl methyl sites for hydroxylation is 1. The molecule has 0 aromatic carbocycles. The fourth-order valence-corrected chi connectivity index (χ4v) is 7.33. The van der Waals surface area contributed by atoms with Crippen molar-refractivity contribution < 1.29 is 34.8 Å². The van der Waals surface area contributed by atoms with E-state index in [2.05, 4.69) is 32.5 Å². The second-order valence-corrected chi connectivity index (χ2v) is 13.7. The van der Waals surface area contributed by atoms with Crippen LogP contribution in [0.25, 0.3) is 0 Å². The standard InChI is InChI=1S/C31H45F2N7O4S/c1-5-40-23(11-13-35-40)28(42)36-27(22-8-6-19(2)7-9-22)29(43)37-30-34-14-25(45-30)24(16-38-15-21(4)44-17-20(38)3)39-18-31(32,33)12-10-26(39)41/h11,13-14,19-22,24,27H,5-10,12,15-18H2,1-4H3,(H,36,42)(H,34,37,43)/t19?,20-,21+,22?,24+,27-/m0/s1/i1D3,5D2. The highest BCUT2D eigenvalue weighted by molar-refractivity contribution is 7.15. The summed E-state index contributed by atoms with van der Waals surface area (Å²) < 4.78 is 74.6.